The van der Waals surface area contributed by atoms with E-state index in [0.717, 1.165) is 19.4 Å². The lowest BCUT2D eigenvalue weighted by atomic mass is 10.1. The van der Waals surface area contributed by atoms with Crippen LogP contribution in [0.1, 0.15) is 19.3 Å². The average Bonchev–Trinajstić information content (AvgIpc) is 2.79. The van der Waals surface area contributed by atoms with E-state index in [1.54, 1.807) is 11.7 Å². The Morgan fingerprint density at radius 2 is 2.67 bits per heavy atom. The number of carbonyl (C=O) groups excluding carboxylic acids is 1. The highest BCUT2D eigenvalue weighted by Gasteiger charge is 2.18. The maximum absolute atomic E-state index is 11.6. The summed E-state index contributed by atoms with van der Waals surface area (Å²) in [6, 6.07) is 0.318. The van der Waals surface area contributed by atoms with Gasteiger partial charge in [0.15, 0.2) is 0 Å². The lowest BCUT2D eigenvalue weighted by Gasteiger charge is -2.09. The Hall–Kier alpha value is -1.43. The largest absolute Gasteiger partial charge is 0.313 e. The molecule has 0 bridgehead atoms. The van der Waals surface area contributed by atoms with Crippen LogP contribution in [0, 0.1) is 0 Å². The van der Waals surface area contributed by atoms with E-state index in [9.17, 15) is 4.79 Å². The average molecular weight is 209 g/mol. The van der Waals surface area contributed by atoms with Gasteiger partial charge in [-0.25, -0.2) is 4.68 Å². The third-order valence-electron chi connectivity index (χ3n) is 2.56. The van der Waals surface area contributed by atoms with E-state index in [4.69, 9.17) is 0 Å². The van der Waals surface area contributed by atoms with Crippen LogP contribution in [-0.2, 0) is 11.8 Å². The molecule has 1 aliphatic heterocycles. The van der Waals surface area contributed by atoms with E-state index in [0.29, 0.717) is 18.4 Å². The molecule has 1 atom stereocenters. The highest BCUT2D eigenvalue weighted by molar-refractivity contribution is 5.89. The van der Waals surface area contributed by atoms with Crippen molar-refractivity contribution >= 4 is 11.9 Å². The normalized spacial score (nSPS) is 20.5. The van der Waals surface area contributed by atoms with Crippen molar-refractivity contribution in [2.24, 2.45) is 7.05 Å². The first-order valence-electron chi connectivity index (χ1n) is 5.13. The number of hydrogen-bond acceptors (Lipinski definition) is 4. The van der Waals surface area contributed by atoms with Gasteiger partial charge in [0.05, 0.1) is 0 Å². The van der Waals surface area contributed by atoms with Crippen molar-refractivity contribution in [2.75, 3.05) is 11.9 Å². The molecule has 0 spiro atoms. The number of amides is 1. The minimum atomic E-state index is -0.00880. The molecule has 15 heavy (non-hydrogen) atoms. The predicted octanol–water partition coefficient (Wildman–Crippen LogP) is -0.104. The summed E-state index contributed by atoms with van der Waals surface area (Å²) in [6.07, 6.45) is 4.16. The van der Waals surface area contributed by atoms with Gasteiger partial charge in [-0.15, -0.1) is 0 Å². The van der Waals surface area contributed by atoms with Crippen LogP contribution in [-0.4, -0.2) is 33.3 Å². The Bertz CT molecular complexity index is 342. The number of rotatable bonds is 3. The van der Waals surface area contributed by atoms with E-state index in [1.807, 2.05) is 0 Å². The highest BCUT2D eigenvalue weighted by Crippen LogP contribution is 2.09. The molecule has 1 saturated heterocycles. The van der Waals surface area contributed by atoms with E-state index >= 15 is 0 Å². The third kappa shape index (κ3) is 2.53. The fourth-order valence-electron chi connectivity index (χ4n) is 1.74. The zero-order chi connectivity index (χ0) is 10.7. The second kappa shape index (κ2) is 4.39. The molecule has 0 saturated carbocycles. The first kappa shape index (κ1) is 10.1. The molecule has 1 fully saturated rings. The Labute approximate surface area is 88.1 Å². The molecule has 2 rings (SSSR count). The zero-order valence-corrected chi connectivity index (χ0v) is 8.73. The minimum Gasteiger partial charge on any atom is -0.313 e. The molecule has 0 aliphatic carbocycles. The van der Waals surface area contributed by atoms with Gasteiger partial charge in [-0.05, 0) is 19.4 Å². The third-order valence-corrected chi connectivity index (χ3v) is 2.56. The summed E-state index contributed by atoms with van der Waals surface area (Å²) in [5.41, 5.74) is 0. The maximum Gasteiger partial charge on any atom is 0.228 e. The minimum absolute atomic E-state index is 0.00880. The molecule has 82 valence electrons. The fraction of sp³-hybridized carbons (Fsp3) is 0.667. The molecular weight excluding hydrogens is 194 g/mol. The van der Waals surface area contributed by atoms with Gasteiger partial charge in [0.2, 0.25) is 11.9 Å². The fourth-order valence-corrected chi connectivity index (χ4v) is 1.74. The van der Waals surface area contributed by atoms with Crippen molar-refractivity contribution in [3.8, 4) is 0 Å². The van der Waals surface area contributed by atoms with Gasteiger partial charge < -0.3 is 5.32 Å². The van der Waals surface area contributed by atoms with Crippen LogP contribution >= 0.6 is 0 Å². The van der Waals surface area contributed by atoms with Crippen LogP contribution in [0.15, 0.2) is 6.33 Å². The van der Waals surface area contributed by atoms with Gasteiger partial charge in [-0.2, -0.15) is 10.1 Å². The summed E-state index contributed by atoms with van der Waals surface area (Å²) >= 11 is 0. The topological polar surface area (TPSA) is 71.8 Å². The molecule has 2 heterocycles. The number of anilines is 1. The summed E-state index contributed by atoms with van der Waals surface area (Å²) in [5, 5.41) is 9.88. The van der Waals surface area contributed by atoms with Crippen molar-refractivity contribution in [3.63, 3.8) is 0 Å². The first-order chi connectivity index (χ1) is 7.25. The van der Waals surface area contributed by atoms with Crippen molar-refractivity contribution < 1.29 is 4.79 Å². The molecular formula is C9H15N5O. The van der Waals surface area contributed by atoms with Crippen molar-refractivity contribution in [1.82, 2.24) is 20.1 Å². The maximum atomic E-state index is 11.6. The molecule has 6 nitrogen and oxygen atoms in total. The Balaban J connectivity index is 1.84. The monoisotopic (exact) mass is 209 g/mol. The van der Waals surface area contributed by atoms with E-state index < -0.39 is 0 Å². The molecule has 0 aromatic carbocycles. The standard InChI is InChI=1S/C9H15N5O/c1-14-9(11-6-12-14)13-8(15)5-7-3-2-4-10-7/h6-7,10H,2-5H2,1H3,(H,11,12,13,15). The zero-order valence-electron chi connectivity index (χ0n) is 8.73. The SMILES string of the molecule is Cn1ncnc1NC(=O)CC1CCCN1. The Morgan fingerprint density at radius 3 is 3.27 bits per heavy atom. The van der Waals surface area contributed by atoms with Crippen LogP contribution in [0.25, 0.3) is 0 Å². The van der Waals surface area contributed by atoms with Gasteiger partial charge in [0, 0.05) is 19.5 Å². The summed E-state index contributed by atoms with van der Waals surface area (Å²) in [7, 11) is 1.75. The summed E-state index contributed by atoms with van der Waals surface area (Å²) in [5.74, 6) is 0.489. The van der Waals surface area contributed by atoms with Crippen LogP contribution in [0.2, 0.25) is 0 Å². The Kier molecular flexibility index (Phi) is 2.96. The smallest absolute Gasteiger partial charge is 0.228 e. The highest BCUT2D eigenvalue weighted by atomic mass is 16.1. The van der Waals surface area contributed by atoms with Gasteiger partial charge in [0.25, 0.3) is 0 Å². The lowest BCUT2D eigenvalue weighted by Crippen LogP contribution is -2.28. The number of carbonyl (C=O) groups is 1. The summed E-state index contributed by atoms with van der Waals surface area (Å²) in [4.78, 5) is 15.5. The quantitative estimate of drug-likeness (QED) is 0.729. The summed E-state index contributed by atoms with van der Waals surface area (Å²) < 4.78 is 1.54. The second-order valence-electron chi connectivity index (χ2n) is 3.75. The molecule has 1 aromatic heterocycles. The van der Waals surface area contributed by atoms with Crippen molar-refractivity contribution in [3.05, 3.63) is 6.33 Å². The number of aromatic nitrogens is 3. The van der Waals surface area contributed by atoms with Gasteiger partial charge in [-0.3, -0.25) is 10.1 Å². The van der Waals surface area contributed by atoms with E-state index in [-0.39, 0.29) is 5.91 Å². The number of hydrogen-bond donors (Lipinski definition) is 2. The Morgan fingerprint density at radius 1 is 1.80 bits per heavy atom. The summed E-state index contributed by atoms with van der Waals surface area (Å²) in [6.45, 7) is 1.02. The number of aryl methyl sites for hydroxylation is 1. The van der Waals surface area contributed by atoms with E-state index in [1.165, 1.54) is 6.33 Å². The van der Waals surface area contributed by atoms with Crippen molar-refractivity contribution in [1.29, 1.82) is 0 Å². The van der Waals surface area contributed by atoms with E-state index in [2.05, 4.69) is 20.7 Å². The molecule has 1 aliphatic rings. The van der Waals surface area contributed by atoms with Gasteiger partial charge in [-0.1, -0.05) is 0 Å². The van der Waals surface area contributed by atoms with Crippen LogP contribution in [0.3, 0.4) is 0 Å². The van der Waals surface area contributed by atoms with Crippen LogP contribution in [0.5, 0.6) is 0 Å². The van der Waals surface area contributed by atoms with Crippen LogP contribution in [0.4, 0.5) is 5.95 Å². The second-order valence-corrected chi connectivity index (χ2v) is 3.75. The molecule has 1 aromatic rings. The number of nitrogens with zero attached hydrogens (tertiary/aromatic N) is 3. The number of nitrogens with one attached hydrogen (secondary N) is 2. The first-order valence-corrected chi connectivity index (χ1v) is 5.13. The lowest BCUT2D eigenvalue weighted by molar-refractivity contribution is -0.116. The molecule has 1 amide bonds. The molecule has 2 N–H and O–H groups in total. The molecule has 0 radical (unpaired) electrons. The van der Waals surface area contributed by atoms with Crippen LogP contribution < -0.4 is 10.6 Å². The van der Waals surface area contributed by atoms with Crippen molar-refractivity contribution in [2.45, 2.75) is 25.3 Å². The molecule has 6 heteroatoms. The van der Waals surface area contributed by atoms with Gasteiger partial charge >= 0.3 is 0 Å². The van der Waals surface area contributed by atoms with Gasteiger partial charge in [0.1, 0.15) is 6.33 Å². The predicted molar refractivity (Wildman–Crippen MR) is 55.3 cm³/mol. The molecule has 1 unspecified atom stereocenters.